The summed E-state index contributed by atoms with van der Waals surface area (Å²) in [6, 6.07) is 6.91. The first kappa shape index (κ1) is 12.5. The van der Waals surface area contributed by atoms with Crippen molar-refractivity contribution < 1.29 is 17.6 Å². The smallest absolute Gasteiger partial charge is 0.416 e. The second-order valence-electron chi connectivity index (χ2n) is 4.10. The second kappa shape index (κ2) is 4.40. The molecule has 96 valence electrons. The van der Waals surface area contributed by atoms with Crippen LogP contribution in [0.3, 0.4) is 0 Å². The maximum absolute atomic E-state index is 12.7. The number of alkyl halides is 3. The molecular weight excluding hydrogens is 243 g/mol. The number of hydrogen-bond donors (Lipinski definition) is 0. The van der Waals surface area contributed by atoms with Crippen molar-refractivity contribution in [3.63, 3.8) is 0 Å². The minimum atomic E-state index is -4.35. The molecule has 5 heteroatoms. The Labute approximate surface area is 103 Å². The molecule has 0 bridgehead atoms. The quantitative estimate of drug-likeness (QED) is 0.805. The Bertz CT molecular complexity index is 530. The molecule has 1 aromatic carbocycles. The standard InChI is InChI=1S/C13H12F3NO/c1-17(2)11-6-5-9(13(14,15)16)8-10(11)12-4-3-7-18-12/h3-8H,1-2H3. The fraction of sp³-hybridized carbons (Fsp3) is 0.231. The van der Waals surface area contributed by atoms with Crippen LogP contribution in [-0.2, 0) is 6.18 Å². The summed E-state index contributed by atoms with van der Waals surface area (Å²) in [5, 5.41) is 0. The molecule has 0 aliphatic rings. The molecule has 2 aromatic rings. The van der Waals surface area contributed by atoms with Crippen LogP contribution in [0.2, 0.25) is 0 Å². The van der Waals surface area contributed by atoms with Crippen LogP contribution in [-0.4, -0.2) is 14.1 Å². The molecule has 0 aliphatic heterocycles. The summed E-state index contributed by atoms with van der Waals surface area (Å²) in [5.74, 6) is 0.421. The predicted octanol–water partition coefficient (Wildman–Crippen LogP) is 4.03. The van der Waals surface area contributed by atoms with Gasteiger partial charge in [0.25, 0.3) is 0 Å². The lowest BCUT2D eigenvalue weighted by molar-refractivity contribution is -0.137. The summed E-state index contributed by atoms with van der Waals surface area (Å²) >= 11 is 0. The first-order valence-electron chi connectivity index (χ1n) is 5.32. The van der Waals surface area contributed by atoms with Crippen LogP contribution < -0.4 is 4.90 Å². The molecule has 0 radical (unpaired) electrons. The second-order valence-corrected chi connectivity index (χ2v) is 4.10. The average Bonchev–Trinajstić information content (AvgIpc) is 2.80. The molecule has 0 aliphatic carbocycles. The van der Waals surface area contributed by atoms with Crippen molar-refractivity contribution in [2.45, 2.75) is 6.18 Å². The van der Waals surface area contributed by atoms with Crippen molar-refractivity contribution in [3.05, 3.63) is 42.2 Å². The molecule has 0 atom stereocenters. The first-order chi connectivity index (χ1) is 8.39. The van der Waals surface area contributed by atoms with Crippen LogP contribution in [0.4, 0.5) is 18.9 Å². The third-order valence-corrected chi connectivity index (χ3v) is 2.59. The van der Waals surface area contributed by atoms with Gasteiger partial charge in [-0.15, -0.1) is 0 Å². The maximum atomic E-state index is 12.7. The van der Waals surface area contributed by atoms with E-state index in [-0.39, 0.29) is 0 Å². The van der Waals surface area contributed by atoms with Crippen molar-refractivity contribution in [2.24, 2.45) is 0 Å². The third-order valence-electron chi connectivity index (χ3n) is 2.59. The highest BCUT2D eigenvalue weighted by atomic mass is 19.4. The van der Waals surface area contributed by atoms with Crippen LogP contribution in [0, 0.1) is 0 Å². The van der Waals surface area contributed by atoms with Crippen molar-refractivity contribution in [1.29, 1.82) is 0 Å². The number of rotatable bonds is 2. The van der Waals surface area contributed by atoms with Gasteiger partial charge in [0, 0.05) is 25.3 Å². The summed E-state index contributed by atoms with van der Waals surface area (Å²) in [6.07, 6.45) is -2.92. The van der Waals surface area contributed by atoms with Crippen molar-refractivity contribution in [2.75, 3.05) is 19.0 Å². The van der Waals surface area contributed by atoms with Gasteiger partial charge in [-0.05, 0) is 30.3 Å². The van der Waals surface area contributed by atoms with Gasteiger partial charge in [-0.1, -0.05) is 0 Å². The number of anilines is 1. The van der Waals surface area contributed by atoms with E-state index >= 15 is 0 Å². The van der Waals surface area contributed by atoms with E-state index < -0.39 is 11.7 Å². The molecule has 1 heterocycles. The number of nitrogens with zero attached hydrogens (tertiary/aromatic N) is 1. The van der Waals surface area contributed by atoms with Crippen LogP contribution in [0.1, 0.15) is 5.56 Å². The summed E-state index contributed by atoms with van der Waals surface area (Å²) in [7, 11) is 3.55. The Morgan fingerprint density at radius 2 is 1.83 bits per heavy atom. The highest BCUT2D eigenvalue weighted by Crippen LogP contribution is 2.37. The van der Waals surface area contributed by atoms with Gasteiger partial charge < -0.3 is 9.32 Å². The van der Waals surface area contributed by atoms with Gasteiger partial charge in [0.15, 0.2) is 0 Å². The van der Waals surface area contributed by atoms with E-state index in [1.165, 1.54) is 12.3 Å². The Kier molecular flexibility index (Phi) is 3.07. The molecule has 0 fully saturated rings. The molecule has 1 aromatic heterocycles. The van der Waals surface area contributed by atoms with Crippen molar-refractivity contribution >= 4 is 5.69 Å². The van der Waals surface area contributed by atoms with Gasteiger partial charge in [0.05, 0.1) is 11.8 Å². The lowest BCUT2D eigenvalue weighted by Gasteiger charge is -2.18. The van der Waals surface area contributed by atoms with Gasteiger partial charge in [0.1, 0.15) is 5.76 Å². The SMILES string of the molecule is CN(C)c1ccc(C(F)(F)F)cc1-c1ccco1. The average molecular weight is 255 g/mol. The predicted molar refractivity (Wildman–Crippen MR) is 63.5 cm³/mol. The number of furan rings is 1. The molecule has 0 saturated carbocycles. The monoisotopic (exact) mass is 255 g/mol. The normalized spacial score (nSPS) is 11.6. The van der Waals surface area contributed by atoms with E-state index in [1.54, 1.807) is 31.1 Å². The van der Waals surface area contributed by atoms with Gasteiger partial charge in [-0.25, -0.2) is 0 Å². The number of hydrogen-bond acceptors (Lipinski definition) is 2. The lowest BCUT2D eigenvalue weighted by atomic mass is 10.1. The Hall–Kier alpha value is -1.91. The van der Waals surface area contributed by atoms with E-state index in [1.807, 2.05) is 0 Å². The molecule has 0 saturated heterocycles. The fourth-order valence-electron chi connectivity index (χ4n) is 1.73. The van der Waals surface area contributed by atoms with E-state index in [4.69, 9.17) is 4.42 Å². The molecular formula is C13H12F3NO. The molecule has 0 N–H and O–H groups in total. The molecule has 2 nitrogen and oxygen atoms in total. The summed E-state index contributed by atoms with van der Waals surface area (Å²) in [6.45, 7) is 0. The van der Waals surface area contributed by atoms with Crippen LogP contribution in [0.25, 0.3) is 11.3 Å². The lowest BCUT2D eigenvalue weighted by Crippen LogP contribution is -2.12. The minimum absolute atomic E-state index is 0.421. The van der Waals surface area contributed by atoms with E-state index in [9.17, 15) is 13.2 Å². The molecule has 18 heavy (non-hydrogen) atoms. The van der Waals surface area contributed by atoms with Gasteiger partial charge in [0.2, 0.25) is 0 Å². The summed E-state index contributed by atoms with van der Waals surface area (Å²) < 4.78 is 43.3. The fourth-order valence-corrected chi connectivity index (χ4v) is 1.73. The van der Waals surface area contributed by atoms with E-state index in [0.29, 0.717) is 17.0 Å². The van der Waals surface area contributed by atoms with Crippen LogP contribution in [0.15, 0.2) is 41.0 Å². The van der Waals surface area contributed by atoms with E-state index in [0.717, 1.165) is 12.1 Å². The zero-order valence-electron chi connectivity index (χ0n) is 9.95. The van der Waals surface area contributed by atoms with Gasteiger partial charge >= 0.3 is 6.18 Å². The van der Waals surface area contributed by atoms with Crippen LogP contribution in [0.5, 0.6) is 0 Å². The first-order valence-corrected chi connectivity index (χ1v) is 5.32. The third kappa shape index (κ3) is 2.34. The van der Waals surface area contributed by atoms with Gasteiger partial charge in [-0.3, -0.25) is 0 Å². The molecule has 2 rings (SSSR count). The Morgan fingerprint density at radius 3 is 2.33 bits per heavy atom. The topological polar surface area (TPSA) is 16.4 Å². The van der Waals surface area contributed by atoms with Gasteiger partial charge in [-0.2, -0.15) is 13.2 Å². The number of benzene rings is 1. The molecule has 0 spiro atoms. The zero-order valence-corrected chi connectivity index (χ0v) is 9.95. The molecule has 0 amide bonds. The van der Waals surface area contributed by atoms with Crippen molar-refractivity contribution in [3.8, 4) is 11.3 Å². The summed E-state index contributed by atoms with van der Waals surface area (Å²) in [4.78, 5) is 1.75. The highest BCUT2D eigenvalue weighted by Gasteiger charge is 2.31. The number of halogens is 3. The minimum Gasteiger partial charge on any atom is -0.464 e. The summed E-state index contributed by atoms with van der Waals surface area (Å²) in [5.41, 5.74) is 0.428. The van der Waals surface area contributed by atoms with E-state index in [2.05, 4.69) is 0 Å². The van der Waals surface area contributed by atoms with Crippen LogP contribution >= 0.6 is 0 Å². The zero-order chi connectivity index (χ0) is 13.3. The molecule has 0 unspecified atom stereocenters. The maximum Gasteiger partial charge on any atom is 0.416 e. The highest BCUT2D eigenvalue weighted by molar-refractivity contribution is 5.76. The Morgan fingerprint density at radius 1 is 1.11 bits per heavy atom. The largest absolute Gasteiger partial charge is 0.464 e. The Balaban J connectivity index is 2.59. The van der Waals surface area contributed by atoms with Crippen molar-refractivity contribution in [1.82, 2.24) is 0 Å².